The van der Waals surface area contributed by atoms with Crippen molar-refractivity contribution < 1.29 is 24.0 Å². The van der Waals surface area contributed by atoms with Crippen LogP contribution in [0.5, 0.6) is 0 Å². The zero-order valence-electron chi connectivity index (χ0n) is 15.0. The molecule has 4 N–H and O–H groups in total. The Balaban J connectivity index is 0.00000105. The summed E-state index contributed by atoms with van der Waals surface area (Å²) in [4.78, 5) is 18.7. The van der Waals surface area contributed by atoms with Gasteiger partial charge in [0.25, 0.3) is 0 Å². The fourth-order valence-electron chi connectivity index (χ4n) is 3.33. The second-order valence-electron chi connectivity index (χ2n) is 6.75. The summed E-state index contributed by atoms with van der Waals surface area (Å²) in [5.41, 5.74) is 7.44. The molecule has 0 radical (unpaired) electrons. The number of rotatable bonds is 8. The van der Waals surface area contributed by atoms with E-state index in [1.54, 1.807) is 0 Å². The number of likely N-dealkylation sites (tertiary alicyclic amines) is 1. The summed E-state index contributed by atoms with van der Waals surface area (Å²) in [6.07, 6.45) is 5.61. The maximum Gasteiger partial charge on any atom is 0.451 e. The molecule has 1 aliphatic heterocycles. The Morgan fingerprint density at radius 3 is 2.31 bits per heavy atom. The first-order chi connectivity index (χ1) is 12.5. The van der Waals surface area contributed by atoms with Crippen LogP contribution in [0.4, 0.5) is 4.39 Å². The average Bonchev–Trinajstić information content (AvgIpc) is 2.62. The molecule has 0 saturated carbocycles. The Bertz CT molecular complexity index is 530. The zero-order chi connectivity index (χ0) is 19.4. The van der Waals surface area contributed by atoms with E-state index < -0.39 is 7.12 Å². The van der Waals surface area contributed by atoms with Crippen molar-refractivity contribution in [3.05, 3.63) is 35.6 Å². The molecule has 26 heavy (non-hydrogen) atoms. The van der Waals surface area contributed by atoms with Crippen LogP contribution < -0.4 is 5.73 Å². The normalized spacial score (nSPS) is 16.3. The SMILES string of the molecule is NC(CCCCB(O)O)C1CCN(Cc2ccc(F)cc2)CC1.O=C=O. The second-order valence-corrected chi connectivity index (χ2v) is 6.75. The molecule has 1 aromatic rings. The number of benzene rings is 1. The Kier molecular flexibility index (Phi) is 11.0. The molecule has 6 nitrogen and oxygen atoms in total. The van der Waals surface area contributed by atoms with Crippen LogP contribution in [0.15, 0.2) is 24.3 Å². The molecule has 1 aliphatic rings. The van der Waals surface area contributed by atoms with Crippen molar-refractivity contribution in [2.24, 2.45) is 11.7 Å². The van der Waals surface area contributed by atoms with Gasteiger partial charge in [-0.05, 0) is 62.3 Å². The molecule has 1 unspecified atom stereocenters. The molecule has 2 rings (SSSR count). The highest BCUT2D eigenvalue weighted by Crippen LogP contribution is 2.23. The van der Waals surface area contributed by atoms with Crippen LogP contribution in [0, 0.1) is 11.7 Å². The van der Waals surface area contributed by atoms with E-state index in [4.69, 9.17) is 25.4 Å². The number of nitrogens with two attached hydrogens (primary N) is 1. The summed E-state index contributed by atoms with van der Waals surface area (Å²) in [5, 5.41) is 17.7. The predicted octanol–water partition coefficient (Wildman–Crippen LogP) is 1.42. The van der Waals surface area contributed by atoms with E-state index in [1.807, 2.05) is 12.1 Å². The van der Waals surface area contributed by atoms with E-state index >= 15 is 0 Å². The van der Waals surface area contributed by atoms with Crippen molar-refractivity contribution in [2.45, 2.75) is 51.0 Å². The van der Waals surface area contributed by atoms with Gasteiger partial charge < -0.3 is 15.8 Å². The van der Waals surface area contributed by atoms with Gasteiger partial charge in [0.1, 0.15) is 5.82 Å². The lowest BCUT2D eigenvalue weighted by molar-refractivity contribution is -0.191. The Morgan fingerprint density at radius 1 is 1.19 bits per heavy atom. The highest BCUT2D eigenvalue weighted by atomic mass is 19.1. The zero-order valence-corrected chi connectivity index (χ0v) is 15.0. The molecule has 0 bridgehead atoms. The first-order valence-corrected chi connectivity index (χ1v) is 9.04. The molecule has 0 spiro atoms. The van der Waals surface area contributed by atoms with E-state index in [0.29, 0.717) is 12.2 Å². The molecule has 1 fully saturated rings. The van der Waals surface area contributed by atoms with Crippen molar-refractivity contribution >= 4 is 13.3 Å². The highest BCUT2D eigenvalue weighted by molar-refractivity contribution is 6.40. The summed E-state index contributed by atoms with van der Waals surface area (Å²) >= 11 is 0. The topological polar surface area (TPSA) is 104 Å². The van der Waals surface area contributed by atoms with Gasteiger partial charge in [-0.3, -0.25) is 4.90 Å². The lowest BCUT2D eigenvalue weighted by atomic mass is 9.82. The van der Waals surface area contributed by atoms with Crippen LogP contribution in [0.1, 0.15) is 37.7 Å². The lowest BCUT2D eigenvalue weighted by Crippen LogP contribution is -2.40. The van der Waals surface area contributed by atoms with Gasteiger partial charge in [-0.15, -0.1) is 0 Å². The average molecular weight is 366 g/mol. The first kappa shape index (κ1) is 22.5. The maximum absolute atomic E-state index is 12.9. The quantitative estimate of drug-likeness (QED) is 0.475. The van der Waals surface area contributed by atoms with Gasteiger partial charge in [-0.25, -0.2) is 4.39 Å². The summed E-state index contributed by atoms with van der Waals surface area (Å²) in [5.74, 6) is 0.366. The van der Waals surface area contributed by atoms with Gasteiger partial charge >= 0.3 is 13.3 Å². The van der Waals surface area contributed by atoms with E-state index in [9.17, 15) is 4.39 Å². The van der Waals surface area contributed by atoms with Gasteiger partial charge in [0.2, 0.25) is 0 Å². The number of nitrogens with zero attached hydrogens (tertiary/aromatic N) is 1. The van der Waals surface area contributed by atoms with Gasteiger partial charge in [0.05, 0.1) is 0 Å². The van der Waals surface area contributed by atoms with Gasteiger partial charge in [-0.2, -0.15) is 9.59 Å². The van der Waals surface area contributed by atoms with Crippen molar-refractivity contribution in [1.29, 1.82) is 0 Å². The number of unbranched alkanes of at least 4 members (excludes halogenated alkanes) is 1. The van der Waals surface area contributed by atoms with E-state index in [0.717, 1.165) is 57.3 Å². The second kappa shape index (κ2) is 12.7. The van der Waals surface area contributed by atoms with E-state index in [1.165, 1.54) is 12.1 Å². The molecule has 8 heteroatoms. The van der Waals surface area contributed by atoms with Gasteiger partial charge in [0.15, 0.2) is 0 Å². The van der Waals surface area contributed by atoms with Crippen LogP contribution >= 0.6 is 0 Å². The summed E-state index contributed by atoms with van der Waals surface area (Å²) in [6.45, 7) is 2.94. The fraction of sp³-hybridized carbons (Fsp3) is 0.611. The third-order valence-corrected chi connectivity index (χ3v) is 4.81. The van der Waals surface area contributed by atoms with Crippen molar-refractivity contribution in [3.63, 3.8) is 0 Å². The molecule has 1 heterocycles. The fourth-order valence-corrected chi connectivity index (χ4v) is 3.33. The molecular weight excluding hydrogens is 338 g/mol. The summed E-state index contributed by atoms with van der Waals surface area (Å²) < 4.78 is 12.9. The smallest absolute Gasteiger partial charge is 0.427 e. The monoisotopic (exact) mass is 366 g/mol. The Hall–Kier alpha value is -1.57. The Labute approximate surface area is 154 Å². The molecule has 1 aromatic carbocycles. The largest absolute Gasteiger partial charge is 0.451 e. The third-order valence-electron chi connectivity index (χ3n) is 4.81. The Morgan fingerprint density at radius 2 is 1.77 bits per heavy atom. The van der Waals surface area contributed by atoms with Crippen molar-refractivity contribution in [2.75, 3.05) is 13.1 Å². The predicted molar refractivity (Wildman–Crippen MR) is 96.2 cm³/mol. The van der Waals surface area contributed by atoms with Crippen LogP contribution in [-0.2, 0) is 16.1 Å². The molecule has 0 aromatic heterocycles. The minimum atomic E-state index is -1.19. The maximum atomic E-state index is 12.9. The van der Waals surface area contributed by atoms with Gasteiger partial charge in [-0.1, -0.05) is 25.0 Å². The standard InChI is InChI=1S/C17H28BFN2O2.CO2/c19-16-6-4-14(5-7-16)13-21-11-8-15(9-12-21)17(20)3-1-2-10-18(22)23;2-1-3/h4-7,15,17,22-23H,1-3,8-13,20H2;. The van der Waals surface area contributed by atoms with E-state index in [2.05, 4.69) is 4.90 Å². The van der Waals surface area contributed by atoms with E-state index in [-0.39, 0.29) is 18.0 Å². The number of hydrogen-bond acceptors (Lipinski definition) is 6. The number of halogens is 1. The molecule has 1 atom stereocenters. The van der Waals surface area contributed by atoms with Crippen molar-refractivity contribution in [1.82, 2.24) is 4.90 Å². The van der Waals surface area contributed by atoms with Crippen LogP contribution in [0.2, 0.25) is 6.32 Å². The first-order valence-electron chi connectivity index (χ1n) is 9.04. The third kappa shape index (κ3) is 9.22. The molecular formula is C18H28BFN2O4. The van der Waals surface area contributed by atoms with Crippen LogP contribution in [0.25, 0.3) is 0 Å². The number of hydrogen-bond donors (Lipinski definition) is 3. The van der Waals surface area contributed by atoms with Crippen LogP contribution in [-0.4, -0.2) is 47.3 Å². The molecule has 0 aliphatic carbocycles. The minimum Gasteiger partial charge on any atom is -0.427 e. The van der Waals surface area contributed by atoms with Crippen LogP contribution in [0.3, 0.4) is 0 Å². The van der Waals surface area contributed by atoms with Crippen molar-refractivity contribution in [3.8, 4) is 0 Å². The number of carbonyl (C=O) groups excluding carboxylic acids is 2. The number of piperidine rings is 1. The molecule has 144 valence electrons. The molecule has 1 saturated heterocycles. The lowest BCUT2D eigenvalue weighted by Gasteiger charge is -2.34. The highest BCUT2D eigenvalue weighted by Gasteiger charge is 2.24. The minimum absolute atomic E-state index is 0.188. The van der Waals surface area contributed by atoms with Gasteiger partial charge in [0, 0.05) is 12.6 Å². The molecule has 0 amide bonds. The summed E-state index contributed by atoms with van der Waals surface area (Å²) in [6, 6.07) is 6.94. The summed E-state index contributed by atoms with van der Waals surface area (Å²) in [7, 11) is -1.19.